The number of carboxylic acids is 1. The minimum absolute atomic E-state index is 0.0835. The second kappa shape index (κ2) is 14.4. The van der Waals surface area contributed by atoms with Crippen LogP contribution in [0.1, 0.15) is 64.0 Å². The average molecular weight is 417 g/mol. The van der Waals surface area contributed by atoms with E-state index in [2.05, 4.69) is 30.1 Å². The van der Waals surface area contributed by atoms with Gasteiger partial charge in [0.05, 0.1) is 18.9 Å². The van der Waals surface area contributed by atoms with Crippen LogP contribution in [-0.2, 0) is 27.2 Å². The van der Waals surface area contributed by atoms with Gasteiger partial charge in [-0.15, -0.1) is 0 Å². The third-order valence-electron chi connectivity index (χ3n) is 4.86. The molecule has 1 aromatic carbocycles. The fourth-order valence-electron chi connectivity index (χ4n) is 3.30. The molecule has 166 valence electrons. The van der Waals surface area contributed by atoms with Crippen molar-refractivity contribution in [3.05, 3.63) is 47.2 Å². The van der Waals surface area contributed by atoms with E-state index in [1.54, 1.807) is 0 Å². The molecule has 30 heavy (non-hydrogen) atoms. The van der Waals surface area contributed by atoms with Crippen LogP contribution in [0, 0.1) is 0 Å². The molecule has 0 fully saturated rings. The first-order valence-electron chi connectivity index (χ1n) is 10.9. The van der Waals surface area contributed by atoms with Crippen LogP contribution < -0.4 is 5.32 Å². The van der Waals surface area contributed by atoms with E-state index in [0.717, 1.165) is 55.3 Å². The van der Waals surface area contributed by atoms with E-state index in [9.17, 15) is 14.4 Å². The van der Waals surface area contributed by atoms with E-state index in [0.29, 0.717) is 6.42 Å². The van der Waals surface area contributed by atoms with Crippen molar-refractivity contribution >= 4 is 18.2 Å². The Morgan fingerprint density at radius 2 is 1.87 bits per heavy atom. The van der Waals surface area contributed by atoms with Crippen LogP contribution in [0.3, 0.4) is 0 Å². The summed E-state index contributed by atoms with van der Waals surface area (Å²) in [4.78, 5) is 36.3. The minimum atomic E-state index is -0.930. The third-order valence-corrected chi connectivity index (χ3v) is 4.86. The summed E-state index contributed by atoms with van der Waals surface area (Å²) in [6.45, 7) is 7.15. The van der Waals surface area contributed by atoms with Crippen molar-refractivity contribution in [3.8, 4) is 0 Å². The van der Waals surface area contributed by atoms with E-state index < -0.39 is 5.97 Å². The highest BCUT2D eigenvalue weighted by atomic mass is 16.4. The molecule has 0 aromatic heterocycles. The summed E-state index contributed by atoms with van der Waals surface area (Å²) < 4.78 is 0. The number of carbonyl (C=O) groups is 3. The van der Waals surface area contributed by atoms with Crippen molar-refractivity contribution in [1.82, 2.24) is 10.2 Å². The Morgan fingerprint density at radius 3 is 2.47 bits per heavy atom. The molecule has 0 radical (unpaired) electrons. The largest absolute Gasteiger partial charge is 0.481 e. The average Bonchev–Trinajstić information content (AvgIpc) is 2.71. The number of hydrogen-bond acceptors (Lipinski definition) is 4. The molecule has 6 heteroatoms. The fourth-order valence-corrected chi connectivity index (χ4v) is 3.30. The Morgan fingerprint density at radius 1 is 1.17 bits per heavy atom. The van der Waals surface area contributed by atoms with Gasteiger partial charge in [-0.05, 0) is 30.9 Å². The second-order valence-corrected chi connectivity index (χ2v) is 7.57. The smallest absolute Gasteiger partial charge is 0.305 e. The molecule has 0 aliphatic carbocycles. The van der Waals surface area contributed by atoms with Crippen molar-refractivity contribution in [2.75, 3.05) is 13.1 Å². The van der Waals surface area contributed by atoms with E-state index in [-0.39, 0.29) is 31.3 Å². The van der Waals surface area contributed by atoms with Crippen LogP contribution in [0.2, 0.25) is 0 Å². The number of allylic oxidation sites excluding steroid dienone is 2. The molecule has 1 rings (SSSR count). The van der Waals surface area contributed by atoms with Gasteiger partial charge in [0.25, 0.3) is 0 Å². The van der Waals surface area contributed by atoms with E-state index in [4.69, 9.17) is 5.11 Å². The summed E-state index contributed by atoms with van der Waals surface area (Å²) in [5.74, 6) is -1.12. The summed E-state index contributed by atoms with van der Waals surface area (Å²) in [5, 5.41) is 11.3. The zero-order valence-electron chi connectivity index (χ0n) is 18.5. The maximum Gasteiger partial charge on any atom is 0.305 e. The molecular formula is C24H36N2O4. The maximum absolute atomic E-state index is 12.1. The van der Waals surface area contributed by atoms with Crippen molar-refractivity contribution in [2.45, 2.75) is 71.8 Å². The number of amides is 1. The van der Waals surface area contributed by atoms with Gasteiger partial charge in [-0.2, -0.15) is 0 Å². The normalized spacial score (nSPS) is 12.3. The lowest BCUT2D eigenvalue weighted by Crippen LogP contribution is -2.35. The monoisotopic (exact) mass is 416 g/mol. The zero-order chi connectivity index (χ0) is 22.4. The molecule has 0 aliphatic rings. The number of carboxylic acid groups (broad SMARTS) is 1. The van der Waals surface area contributed by atoms with Crippen LogP contribution in [0.4, 0.5) is 0 Å². The lowest BCUT2D eigenvalue weighted by Gasteiger charge is -2.31. The summed E-state index contributed by atoms with van der Waals surface area (Å²) in [6, 6.07) is 7.71. The van der Waals surface area contributed by atoms with Gasteiger partial charge in [-0.3, -0.25) is 9.59 Å². The molecule has 0 spiro atoms. The van der Waals surface area contributed by atoms with Crippen molar-refractivity contribution < 1.29 is 19.5 Å². The van der Waals surface area contributed by atoms with Crippen LogP contribution in [0.5, 0.6) is 0 Å². The van der Waals surface area contributed by atoms with Crippen molar-refractivity contribution in [3.63, 3.8) is 0 Å². The number of hydrogen-bond donors (Lipinski definition) is 2. The van der Waals surface area contributed by atoms with Crippen molar-refractivity contribution in [1.29, 1.82) is 0 Å². The van der Waals surface area contributed by atoms with Gasteiger partial charge in [0.1, 0.15) is 6.29 Å². The number of benzene rings is 1. The van der Waals surface area contributed by atoms with Crippen LogP contribution in [0.15, 0.2) is 36.0 Å². The number of nitrogens with zero attached hydrogens (tertiary/aromatic N) is 1. The molecule has 2 N–H and O–H groups in total. The highest BCUT2D eigenvalue weighted by Gasteiger charge is 2.16. The van der Waals surface area contributed by atoms with Gasteiger partial charge < -0.3 is 20.1 Å². The minimum Gasteiger partial charge on any atom is -0.481 e. The van der Waals surface area contributed by atoms with Crippen LogP contribution in [0.25, 0.3) is 0 Å². The fraction of sp³-hybridized carbons (Fsp3) is 0.542. The van der Waals surface area contributed by atoms with Crippen molar-refractivity contribution in [2.24, 2.45) is 0 Å². The molecule has 0 heterocycles. The molecule has 0 saturated carbocycles. The SMILES string of the molecule is CCCC/C=C(\Cc1cccc(CC(=O)NCCC(=O)O)c1)N(CCC)C(C)C=O. The van der Waals surface area contributed by atoms with Gasteiger partial charge in [-0.25, -0.2) is 0 Å². The van der Waals surface area contributed by atoms with Gasteiger partial charge in [0, 0.05) is 25.2 Å². The predicted molar refractivity (Wildman–Crippen MR) is 119 cm³/mol. The molecular weight excluding hydrogens is 380 g/mol. The van der Waals surface area contributed by atoms with Gasteiger partial charge in [-0.1, -0.05) is 57.0 Å². The first-order chi connectivity index (χ1) is 14.4. The summed E-state index contributed by atoms with van der Waals surface area (Å²) >= 11 is 0. The number of nitrogens with one attached hydrogen (secondary N) is 1. The number of carbonyl (C=O) groups excluding carboxylic acids is 2. The molecule has 1 amide bonds. The number of unbranched alkanes of at least 4 members (excludes halogenated alkanes) is 2. The zero-order valence-corrected chi connectivity index (χ0v) is 18.5. The van der Waals surface area contributed by atoms with Gasteiger partial charge >= 0.3 is 5.97 Å². The Bertz CT molecular complexity index is 715. The number of rotatable bonds is 15. The second-order valence-electron chi connectivity index (χ2n) is 7.57. The molecule has 0 bridgehead atoms. The van der Waals surface area contributed by atoms with Gasteiger partial charge in [0.2, 0.25) is 5.91 Å². The van der Waals surface area contributed by atoms with E-state index >= 15 is 0 Å². The molecule has 6 nitrogen and oxygen atoms in total. The highest BCUT2D eigenvalue weighted by molar-refractivity contribution is 5.79. The highest BCUT2D eigenvalue weighted by Crippen LogP contribution is 2.19. The molecule has 0 saturated heterocycles. The molecule has 0 aliphatic heterocycles. The lowest BCUT2D eigenvalue weighted by atomic mass is 10.0. The Balaban J connectivity index is 2.91. The third kappa shape index (κ3) is 9.72. The Hall–Kier alpha value is -2.63. The molecule has 1 atom stereocenters. The summed E-state index contributed by atoms with van der Waals surface area (Å²) in [7, 11) is 0. The quantitative estimate of drug-likeness (QED) is 0.336. The summed E-state index contributed by atoms with van der Waals surface area (Å²) in [6.07, 6.45) is 8.22. The topological polar surface area (TPSA) is 86.7 Å². The maximum atomic E-state index is 12.1. The lowest BCUT2D eigenvalue weighted by molar-refractivity contribution is -0.136. The van der Waals surface area contributed by atoms with E-state index in [1.807, 2.05) is 31.2 Å². The number of aldehydes is 1. The number of aliphatic carboxylic acids is 1. The van der Waals surface area contributed by atoms with Crippen LogP contribution >= 0.6 is 0 Å². The van der Waals surface area contributed by atoms with Crippen LogP contribution in [-0.4, -0.2) is 47.3 Å². The molecule has 1 unspecified atom stereocenters. The Labute approximate surface area is 180 Å². The standard InChI is InChI=1S/C24H36N2O4/c1-4-6-7-11-22(26(14-5-2)19(3)18-27)16-20-9-8-10-21(15-20)17-23(28)25-13-12-24(29)30/h8-11,15,18-19H,4-7,12-14,16-17H2,1-3H3,(H,25,28)(H,29,30)/b22-11+. The molecule has 1 aromatic rings. The first kappa shape index (κ1) is 25.4. The summed E-state index contributed by atoms with van der Waals surface area (Å²) in [5.41, 5.74) is 3.12. The van der Waals surface area contributed by atoms with E-state index in [1.165, 1.54) is 0 Å². The van der Waals surface area contributed by atoms with Gasteiger partial charge in [0.15, 0.2) is 0 Å². The Kier molecular flexibility index (Phi) is 12.2. The first-order valence-corrected chi connectivity index (χ1v) is 10.9. The predicted octanol–water partition coefficient (Wildman–Crippen LogP) is 3.74.